The molecular formula is C14H24N4O. The molecule has 106 valence electrons. The quantitative estimate of drug-likeness (QED) is 0.614. The fourth-order valence-corrected chi connectivity index (χ4v) is 2.62. The van der Waals surface area contributed by atoms with Crippen molar-refractivity contribution in [2.45, 2.75) is 32.4 Å². The van der Waals surface area contributed by atoms with E-state index < -0.39 is 0 Å². The molecule has 0 amide bonds. The van der Waals surface area contributed by atoms with E-state index in [0.717, 1.165) is 37.4 Å². The van der Waals surface area contributed by atoms with E-state index in [4.69, 9.17) is 10.6 Å². The third-order valence-corrected chi connectivity index (χ3v) is 3.52. The minimum absolute atomic E-state index is 0.00736. The smallest absolute Gasteiger partial charge is 0.0910 e. The molecule has 3 N–H and O–H groups in total. The maximum atomic E-state index is 5.89. The van der Waals surface area contributed by atoms with E-state index >= 15 is 0 Å². The molecule has 2 atom stereocenters. The highest BCUT2D eigenvalue weighted by Crippen LogP contribution is 2.22. The summed E-state index contributed by atoms with van der Waals surface area (Å²) in [5.41, 5.74) is 5.11. The molecule has 5 heteroatoms. The molecule has 2 rings (SSSR count). The van der Waals surface area contributed by atoms with Crippen molar-refractivity contribution >= 4 is 0 Å². The summed E-state index contributed by atoms with van der Waals surface area (Å²) >= 11 is 0. The molecule has 2 unspecified atom stereocenters. The molecule has 1 saturated heterocycles. The number of aromatic nitrogens is 1. The van der Waals surface area contributed by atoms with Crippen LogP contribution in [-0.4, -0.2) is 42.2 Å². The standard InChI is InChI=1S/C14H24N4O/c1-3-4-18-5-6-19-13(10-18)14(17-15)12-7-11(2)8-16-9-12/h7-9,13-14,17H,3-6,10,15H2,1-2H3. The molecule has 5 nitrogen and oxygen atoms in total. The normalized spacial score (nSPS) is 22.4. The summed E-state index contributed by atoms with van der Waals surface area (Å²) in [5, 5.41) is 0. The van der Waals surface area contributed by atoms with Gasteiger partial charge in [-0.25, -0.2) is 0 Å². The molecule has 0 aliphatic carbocycles. The number of morpholine rings is 1. The van der Waals surface area contributed by atoms with Gasteiger partial charge in [0.1, 0.15) is 0 Å². The highest BCUT2D eigenvalue weighted by molar-refractivity contribution is 5.21. The first-order valence-electron chi connectivity index (χ1n) is 6.96. The van der Waals surface area contributed by atoms with Crippen LogP contribution in [0.5, 0.6) is 0 Å². The van der Waals surface area contributed by atoms with E-state index in [2.05, 4.69) is 28.3 Å². The second kappa shape index (κ2) is 6.96. The fourth-order valence-electron chi connectivity index (χ4n) is 2.62. The van der Waals surface area contributed by atoms with Gasteiger partial charge in [0, 0.05) is 25.5 Å². The van der Waals surface area contributed by atoms with Gasteiger partial charge in [0.25, 0.3) is 0 Å². The van der Waals surface area contributed by atoms with Crippen molar-refractivity contribution in [1.82, 2.24) is 15.3 Å². The van der Waals surface area contributed by atoms with Gasteiger partial charge in [0.15, 0.2) is 0 Å². The van der Waals surface area contributed by atoms with Gasteiger partial charge in [-0.15, -0.1) is 0 Å². The Morgan fingerprint density at radius 3 is 3.11 bits per heavy atom. The van der Waals surface area contributed by atoms with Crippen LogP contribution >= 0.6 is 0 Å². The Bertz CT molecular complexity index is 397. The minimum atomic E-state index is -0.00736. The van der Waals surface area contributed by atoms with Crippen LogP contribution in [0.2, 0.25) is 0 Å². The molecule has 2 heterocycles. The summed E-state index contributed by atoms with van der Waals surface area (Å²) in [6.45, 7) is 8.04. The third-order valence-electron chi connectivity index (χ3n) is 3.52. The molecule has 1 aliphatic heterocycles. The molecule has 19 heavy (non-hydrogen) atoms. The first-order chi connectivity index (χ1) is 9.24. The molecule has 0 saturated carbocycles. The molecule has 0 bridgehead atoms. The lowest BCUT2D eigenvalue weighted by Gasteiger charge is -2.36. The van der Waals surface area contributed by atoms with Crippen LogP contribution in [0.1, 0.15) is 30.5 Å². The summed E-state index contributed by atoms with van der Waals surface area (Å²) in [6, 6.07) is 2.10. The van der Waals surface area contributed by atoms with Crippen LogP contribution < -0.4 is 11.3 Å². The number of nitrogens with zero attached hydrogens (tertiary/aromatic N) is 2. The van der Waals surface area contributed by atoms with E-state index in [0.29, 0.717) is 0 Å². The van der Waals surface area contributed by atoms with E-state index in [-0.39, 0.29) is 12.1 Å². The van der Waals surface area contributed by atoms with E-state index in [1.54, 1.807) is 0 Å². The molecule has 1 fully saturated rings. The van der Waals surface area contributed by atoms with Crippen molar-refractivity contribution in [3.05, 3.63) is 29.6 Å². The molecule has 1 aliphatic rings. The van der Waals surface area contributed by atoms with Crippen molar-refractivity contribution in [2.24, 2.45) is 5.84 Å². The zero-order valence-electron chi connectivity index (χ0n) is 11.8. The maximum absolute atomic E-state index is 5.89. The number of hydrazine groups is 1. The van der Waals surface area contributed by atoms with Gasteiger partial charge < -0.3 is 4.74 Å². The number of pyridine rings is 1. The van der Waals surface area contributed by atoms with Gasteiger partial charge >= 0.3 is 0 Å². The average Bonchev–Trinajstić information content (AvgIpc) is 2.41. The van der Waals surface area contributed by atoms with Gasteiger partial charge in [-0.05, 0) is 31.0 Å². The van der Waals surface area contributed by atoms with Crippen LogP contribution in [0.4, 0.5) is 0 Å². The summed E-state index contributed by atoms with van der Waals surface area (Å²) in [6.07, 6.45) is 4.95. The van der Waals surface area contributed by atoms with Crippen molar-refractivity contribution in [3.8, 4) is 0 Å². The number of ether oxygens (including phenoxy) is 1. The van der Waals surface area contributed by atoms with Crippen molar-refractivity contribution in [1.29, 1.82) is 0 Å². The van der Waals surface area contributed by atoms with Gasteiger partial charge in [-0.3, -0.25) is 21.2 Å². The Morgan fingerprint density at radius 1 is 1.58 bits per heavy atom. The lowest BCUT2D eigenvalue weighted by molar-refractivity contribution is -0.0471. The second-order valence-corrected chi connectivity index (χ2v) is 5.15. The topological polar surface area (TPSA) is 63.4 Å². The Balaban J connectivity index is 2.08. The zero-order chi connectivity index (χ0) is 13.7. The summed E-state index contributed by atoms with van der Waals surface area (Å²) < 4.78 is 5.89. The molecule has 0 radical (unpaired) electrons. The molecule has 1 aromatic heterocycles. The molecule has 1 aromatic rings. The van der Waals surface area contributed by atoms with Crippen LogP contribution in [-0.2, 0) is 4.74 Å². The number of nitrogens with one attached hydrogen (secondary N) is 1. The van der Waals surface area contributed by atoms with E-state index in [9.17, 15) is 0 Å². The number of aryl methyl sites for hydroxylation is 1. The van der Waals surface area contributed by atoms with Crippen molar-refractivity contribution in [3.63, 3.8) is 0 Å². The van der Waals surface area contributed by atoms with Crippen LogP contribution in [0.25, 0.3) is 0 Å². The minimum Gasteiger partial charge on any atom is -0.374 e. The van der Waals surface area contributed by atoms with Crippen LogP contribution in [0.15, 0.2) is 18.5 Å². The highest BCUT2D eigenvalue weighted by atomic mass is 16.5. The predicted octanol–water partition coefficient (Wildman–Crippen LogP) is 1.01. The third kappa shape index (κ3) is 3.73. The molecular weight excluding hydrogens is 240 g/mol. The summed E-state index contributed by atoms with van der Waals surface area (Å²) in [7, 11) is 0. The number of hydrogen-bond acceptors (Lipinski definition) is 5. The Kier molecular flexibility index (Phi) is 5.27. The summed E-state index contributed by atoms with van der Waals surface area (Å²) in [5.74, 6) is 5.73. The largest absolute Gasteiger partial charge is 0.374 e. The van der Waals surface area contributed by atoms with Crippen LogP contribution in [0.3, 0.4) is 0 Å². The Hall–Kier alpha value is -1.01. The lowest BCUT2D eigenvalue weighted by Crippen LogP contribution is -2.49. The van der Waals surface area contributed by atoms with Gasteiger partial charge in [-0.2, -0.15) is 0 Å². The molecule has 0 aromatic carbocycles. The van der Waals surface area contributed by atoms with Gasteiger partial charge in [-0.1, -0.05) is 13.0 Å². The van der Waals surface area contributed by atoms with E-state index in [1.807, 2.05) is 19.3 Å². The average molecular weight is 264 g/mol. The first-order valence-corrected chi connectivity index (χ1v) is 6.96. The Morgan fingerprint density at radius 2 is 2.42 bits per heavy atom. The van der Waals surface area contributed by atoms with E-state index in [1.165, 1.54) is 6.42 Å². The second-order valence-electron chi connectivity index (χ2n) is 5.15. The van der Waals surface area contributed by atoms with Crippen molar-refractivity contribution < 1.29 is 4.74 Å². The number of rotatable bonds is 5. The van der Waals surface area contributed by atoms with Gasteiger partial charge in [0.2, 0.25) is 0 Å². The van der Waals surface area contributed by atoms with Gasteiger partial charge in [0.05, 0.1) is 18.8 Å². The first kappa shape index (κ1) is 14.4. The fraction of sp³-hybridized carbons (Fsp3) is 0.643. The van der Waals surface area contributed by atoms with Crippen molar-refractivity contribution in [2.75, 3.05) is 26.2 Å². The zero-order valence-corrected chi connectivity index (χ0v) is 11.8. The highest BCUT2D eigenvalue weighted by Gasteiger charge is 2.28. The summed E-state index contributed by atoms with van der Waals surface area (Å²) in [4.78, 5) is 6.67. The molecule has 0 spiro atoms. The lowest BCUT2D eigenvalue weighted by atomic mass is 10.0. The Labute approximate surface area is 115 Å². The maximum Gasteiger partial charge on any atom is 0.0910 e. The number of hydrogen-bond donors (Lipinski definition) is 2. The number of nitrogens with two attached hydrogens (primary N) is 1. The predicted molar refractivity (Wildman–Crippen MR) is 75.5 cm³/mol. The van der Waals surface area contributed by atoms with Crippen LogP contribution in [0, 0.1) is 6.92 Å². The SMILES string of the molecule is CCCN1CCOC(C(NN)c2cncc(C)c2)C1. The monoisotopic (exact) mass is 264 g/mol.